The number of nitrogens with one attached hydrogen (secondary N) is 1. The Labute approximate surface area is 228 Å². The molecule has 2 aromatic carbocycles. The van der Waals surface area contributed by atoms with Gasteiger partial charge in [-0.25, -0.2) is 14.6 Å². The number of fused-ring (bicyclic) bond motifs is 1. The lowest BCUT2D eigenvalue weighted by Gasteiger charge is -2.27. The molecule has 4 rings (SSSR count). The van der Waals surface area contributed by atoms with Crippen LogP contribution in [0.1, 0.15) is 32.8 Å². The van der Waals surface area contributed by atoms with E-state index in [0.717, 1.165) is 27.7 Å². The second-order valence-corrected chi connectivity index (χ2v) is 10.4. The molecule has 1 aliphatic heterocycles. The molecule has 0 saturated carbocycles. The summed E-state index contributed by atoms with van der Waals surface area (Å²) in [6.07, 6.45) is 0.971. The summed E-state index contributed by atoms with van der Waals surface area (Å²) in [5.74, 6) is 0.101. The van der Waals surface area contributed by atoms with Crippen molar-refractivity contribution < 1.29 is 23.8 Å². The number of hydrogen-bond donors (Lipinski definition) is 2. The molecule has 1 fully saturated rings. The van der Waals surface area contributed by atoms with E-state index in [0.29, 0.717) is 12.3 Å². The molecule has 1 amide bonds. The van der Waals surface area contributed by atoms with Crippen LogP contribution in [0.15, 0.2) is 61.2 Å². The Hall–Kier alpha value is -3.56. The summed E-state index contributed by atoms with van der Waals surface area (Å²) in [6, 6.07) is 16.8. The van der Waals surface area contributed by atoms with Gasteiger partial charge in [0.2, 0.25) is 0 Å². The third-order valence-corrected chi connectivity index (χ3v) is 6.24. The molecule has 0 bridgehead atoms. The standard InChI is InChI=1S/C29H33N3O5S/c1-5-19-11-12-23-22(15-19)26(17-24(31-23)20-9-7-6-8-10-20)36-21-16-25(27(33)35-14-13-30-38)32(18-21)28(34)37-29(2,3)4/h5-12,15,17,21,25,30,38H,1,13-14,16,18H2,2-4H3/t21-,25+/m1/s1. The third-order valence-electron chi connectivity index (χ3n) is 6.01. The third kappa shape index (κ3) is 6.65. The number of carbonyl (C=O) groups is 2. The lowest BCUT2D eigenvalue weighted by molar-refractivity contribution is -0.148. The number of nitrogens with zero attached hydrogens (tertiary/aromatic N) is 2. The maximum atomic E-state index is 13.0. The molecule has 3 aromatic rings. The number of likely N-dealkylation sites (tertiary alicyclic amines) is 1. The van der Waals surface area contributed by atoms with Gasteiger partial charge in [-0.05, 0) is 38.5 Å². The van der Waals surface area contributed by atoms with Crippen LogP contribution >= 0.6 is 12.8 Å². The van der Waals surface area contributed by atoms with Crippen molar-refractivity contribution in [3.63, 3.8) is 0 Å². The fourth-order valence-corrected chi connectivity index (χ4v) is 4.39. The first-order valence-corrected chi connectivity index (χ1v) is 13.0. The summed E-state index contributed by atoms with van der Waals surface area (Å²) in [4.78, 5) is 32.2. The summed E-state index contributed by atoms with van der Waals surface area (Å²) in [7, 11) is 0. The van der Waals surface area contributed by atoms with Gasteiger partial charge in [-0.3, -0.25) is 9.62 Å². The second-order valence-electron chi connectivity index (χ2n) is 10.1. The number of esters is 1. The van der Waals surface area contributed by atoms with Crippen LogP contribution in [-0.2, 0) is 14.3 Å². The number of amides is 1. The summed E-state index contributed by atoms with van der Waals surface area (Å²) in [5.41, 5.74) is 2.69. The van der Waals surface area contributed by atoms with Gasteiger partial charge in [0, 0.05) is 30.0 Å². The minimum Gasteiger partial charge on any atom is -0.488 e. The fourth-order valence-electron chi connectivity index (χ4n) is 4.30. The number of aromatic nitrogens is 1. The van der Waals surface area contributed by atoms with Gasteiger partial charge in [0.1, 0.15) is 30.1 Å². The maximum Gasteiger partial charge on any atom is 0.411 e. The monoisotopic (exact) mass is 535 g/mol. The molecule has 9 heteroatoms. The number of rotatable bonds is 8. The number of hydrogen-bond acceptors (Lipinski definition) is 8. The first-order chi connectivity index (χ1) is 18.2. The van der Waals surface area contributed by atoms with Crippen LogP contribution in [-0.4, -0.2) is 59.4 Å². The second kappa shape index (κ2) is 11.9. The molecule has 8 nitrogen and oxygen atoms in total. The van der Waals surface area contributed by atoms with Crippen molar-refractivity contribution in [1.82, 2.24) is 14.6 Å². The number of ether oxygens (including phenoxy) is 3. The van der Waals surface area contributed by atoms with Gasteiger partial charge in [0.25, 0.3) is 0 Å². The Kier molecular flexibility index (Phi) is 8.58. The van der Waals surface area contributed by atoms with E-state index in [1.807, 2.05) is 54.6 Å². The Morgan fingerprint density at radius 3 is 2.63 bits per heavy atom. The first-order valence-electron chi connectivity index (χ1n) is 12.5. The Morgan fingerprint density at radius 2 is 1.95 bits per heavy atom. The highest BCUT2D eigenvalue weighted by atomic mass is 32.1. The van der Waals surface area contributed by atoms with Crippen LogP contribution in [0.4, 0.5) is 4.79 Å². The van der Waals surface area contributed by atoms with Crippen molar-refractivity contribution in [2.24, 2.45) is 0 Å². The van der Waals surface area contributed by atoms with Crippen LogP contribution < -0.4 is 9.46 Å². The zero-order valence-electron chi connectivity index (χ0n) is 21.8. The summed E-state index contributed by atoms with van der Waals surface area (Å²) >= 11 is 3.92. The molecule has 0 radical (unpaired) electrons. The van der Waals surface area contributed by atoms with Gasteiger partial charge in [0.15, 0.2) is 0 Å². The van der Waals surface area contributed by atoms with E-state index in [1.54, 1.807) is 26.8 Å². The van der Waals surface area contributed by atoms with E-state index in [2.05, 4.69) is 24.1 Å². The highest BCUT2D eigenvalue weighted by Crippen LogP contribution is 2.34. The van der Waals surface area contributed by atoms with Crippen LogP contribution in [0.5, 0.6) is 5.75 Å². The SMILES string of the molecule is C=Cc1ccc2nc(-c3ccccc3)cc(O[C@@H]3C[C@@H](C(=O)OCCNS)N(C(=O)OC(C)(C)C)C3)c2c1. The molecular formula is C29H33N3O5S. The highest BCUT2D eigenvalue weighted by Gasteiger charge is 2.43. The quantitative estimate of drug-likeness (QED) is 0.230. The van der Waals surface area contributed by atoms with E-state index in [4.69, 9.17) is 19.2 Å². The maximum absolute atomic E-state index is 13.0. The normalized spacial score (nSPS) is 17.3. The number of pyridine rings is 1. The zero-order chi connectivity index (χ0) is 27.3. The molecule has 1 saturated heterocycles. The average molecular weight is 536 g/mol. The van der Waals surface area contributed by atoms with Gasteiger partial charge in [0.05, 0.1) is 17.8 Å². The molecule has 2 heterocycles. The van der Waals surface area contributed by atoms with E-state index >= 15 is 0 Å². The minimum absolute atomic E-state index is 0.131. The zero-order valence-corrected chi connectivity index (χ0v) is 22.7. The number of benzene rings is 2. The van der Waals surface area contributed by atoms with Crippen molar-refractivity contribution in [3.05, 3.63) is 66.7 Å². The van der Waals surface area contributed by atoms with E-state index in [9.17, 15) is 9.59 Å². The van der Waals surface area contributed by atoms with Gasteiger partial charge in [-0.1, -0.05) is 61.9 Å². The molecule has 0 spiro atoms. The predicted molar refractivity (Wildman–Crippen MR) is 151 cm³/mol. The average Bonchev–Trinajstić information content (AvgIpc) is 3.32. The minimum atomic E-state index is -0.833. The van der Waals surface area contributed by atoms with Crippen molar-refractivity contribution >= 4 is 41.9 Å². The number of thiol groups is 1. The molecular weight excluding hydrogens is 502 g/mol. The summed E-state index contributed by atoms with van der Waals surface area (Å²) in [6.45, 7) is 9.91. The fraction of sp³-hybridized carbons (Fsp3) is 0.345. The molecule has 1 aliphatic rings. The first kappa shape index (κ1) is 27.5. The van der Waals surface area contributed by atoms with Crippen LogP contribution in [0.3, 0.4) is 0 Å². The molecule has 0 aliphatic carbocycles. The van der Waals surface area contributed by atoms with Gasteiger partial charge >= 0.3 is 12.1 Å². The summed E-state index contributed by atoms with van der Waals surface area (Å²) < 4.78 is 20.1. The smallest absolute Gasteiger partial charge is 0.411 e. The van der Waals surface area contributed by atoms with Gasteiger partial charge in [-0.15, -0.1) is 0 Å². The lowest BCUT2D eigenvalue weighted by atomic mass is 10.1. The van der Waals surface area contributed by atoms with Crippen molar-refractivity contribution in [2.75, 3.05) is 19.7 Å². The van der Waals surface area contributed by atoms with Crippen molar-refractivity contribution in [2.45, 2.75) is 44.9 Å². The van der Waals surface area contributed by atoms with Gasteiger partial charge < -0.3 is 14.2 Å². The topological polar surface area (TPSA) is 90.0 Å². The van der Waals surface area contributed by atoms with Crippen LogP contribution in [0.2, 0.25) is 0 Å². The Bertz CT molecular complexity index is 1310. The molecule has 1 N–H and O–H groups in total. The van der Waals surface area contributed by atoms with Gasteiger partial charge in [-0.2, -0.15) is 0 Å². The Balaban J connectivity index is 1.66. The molecule has 38 heavy (non-hydrogen) atoms. The highest BCUT2D eigenvalue weighted by molar-refractivity contribution is 7.78. The predicted octanol–water partition coefficient (Wildman–Crippen LogP) is 5.28. The van der Waals surface area contributed by atoms with E-state index in [1.165, 1.54) is 4.90 Å². The lowest BCUT2D eigenvalue weighted by Crippen LogP contribution is -2.44. The van der Waals surface area contributed by atoms with Crippen molar-refractivity contribution in [1.29, 1.82) is 0 Å². The molecule has 2 atom stereocenters. The number of carbonyl (C=O) groups excluding carboxylic acids is 2. The van der Waals surface area contributed by atoms with Crippen LogP contribution in [0.25, 0.3) is 28.2 Å². The Morgan fingerprint density at radius 1 is 1.18 bits per heavy atom. The molecule has 1 aromatic heterocycles. The van der Waals surface area contributed by atoms with E-state index < -0.39 is 29.8 Å². The molecule has 0 unspecified atom stereocenters. The molecule has 200 valence electrons. The van der Waals surface area contributed by atoms with E-state index in [-0.39, 0.29) is 19.6 Å². The van der Waals surface area contributed by atoms with Crippen molar-refractivity contribution in [3.8, 4) is 17.0 Å². The largest absolute Gasteiger partial charge is 0.488 e. The van der Waals surface area contributed by atoms with Crippen LogP contribution in [0, 0.1) is 0 Å². The summed E-state index contributed by atoms with van der Waals surface area (Å²) in [5, 5.41) is 0.816.